The van der Waals surface area contributed by atoms with Crippen LogP contribution in [0, 0.1) is 34.0 Å². The van der Waals surface area contributed by atoms with E-state index < -0.39 is 52.5 Å². The lowest BCUT2D eigenvalue weighted by atomic mass is 9.60. The van der Waals surface area contributed by atoms with Gasteiger partial charge in [-0.15, -0.1) is 6.58 Å². The zero-order chi connectivity index (χ0) is 28.0. The molecule has 3 fully saturated rings. The zero-order valence-corrected chi connectivity index (χ0v) is 22.9. The molecule has 208 valence electrons. The van der Waals surface area contributed by atoms with Gasteiger partial charge in [-0.25, -0.2) is 14.8 Å². The summed E-state index contributed by atoms with van der Waals surface area (Å²) >= 11 is 0. The number of rotatable bonds is 4. The van der Waals surface area contributed by atoms with Gasteiger partial charge in [0.2, 0.25) is 0 Å². The predicted octanol–water partition coefficient (Wildman–Crippen LogP) is 3.11. The van der Waals surface area contributed by atoms with Crippen molar-refractivity contribution < 1.29 is 29.3 Å². The lowest BCUT2D eigenvalue weighted by molar-refractivity contribution is -0.130. The fourth-order valence-corrected chi connectivity index (χ4v) is 7.24. The average molecular weight is 529 g/mol. The molecule has 4 rings (SSSR count). The van der Waals surface area contributed by atoms with Gasteiger partial charge in [-0.2, -0.15) is 0 Å². The van der Waals surface area contributed by atoms with Crippen LogP contribution in [0.3, 0.4) is 0 Å². The van der Waals surface area contributed by atoms with Crippen molar-refractivity contribution in [1.82, 2.24) is 15.3 Å². The molecule has 10 nitrogen and oxygen atoms in total. The summed E-state index contributed by atoms with van der Waals surface area (Å²) in [6, 6.07) is 0. The van der Waals surface area contributed by atoms with Crippen LogP contribution in [0.5, 0.6) is 0 Å². The molecule has 0 saturated heterocycles. The van der Waals surface area contributed by atoms with E-state index in [4.69, 9.17) is 4.74 Å². The maximum absolute atomic E-state index is 13.3. The Morgan fingerprint density at radius 1 is 1.16 bits per heavy atom. The van der Waals surface area contributed by atoms with Crippen molar-refractivity contribution in [2.24, 2.45) is 34.0 Å². The quantitative estimate of drug-likeness (QED) is 0.432. The van der Waals surface area contributed by atoms with E-state index in [2.05, 4.69) is 34.1 Å². The maximum Gasteiger partial charge on any atom is 0.414 e. The predicted molar refractivity (Wildman–Crippen MR) is 140 cm³/mol. The largest absolute Gasteiger partial charge is 0.445 e. The number of fused-ring (bicyclic) bond motifs is 1. The SMILES string of the molecule is C=C[C@]1(C)C[C@@H](OC(=O)NC(=O)c2cnc(NC)cn2)[C@@]2(C)CC3C(=O)[C@@H](O)C[C@@]3(CCC2C)[C@@H](C)[C@@H]1O. The number of aliphatic hydroxyl groups excluding tert-OH is 2. The van der Waals surface area contributed by atoms with Crippen LogP contribution in [0.15, 0.2) is 25.0 Å². The molecule has 0 radical (unpaired) electrons. The first-order valence-electron chi connectivity index (χ1n) is 13.4. The first-order chi connectivity index (χ1) is 17.8. The first-order valence-corrected chi connectivity index (χ1v) is 13.4. The average Bonchev–Trinajstić information content (AvgIpc) is 3.07. The second kappa shape index (κ2) is 10.0. The highest BCUT2D eigenvalue weighted by Crippen LogP contribution is 2.63. The number of anilines is 1. The number of aliphatic hydroxyl groups is 2. The third-order valence-corrected chi connectivity index (χ3v) is 10.2. The number of aromatic nitrogens is 2. The highest BCUT2D eigenvalue weighted by atomic mass is 16.6. The van der Waals surface area contributed by atoms with Gasteiger partial charge < -0.3 is 20.3 Å². The summed E-state index contributed by atoms with van der Waals surface area (Å²) in [5.41, 5.74) is -2.11. The van der Waals surface area contributed by atoms with Crippen LogP contribution in [0.1, 0.15) is 70.3 Å². The number of ether oxygens (including phenoxy) is 1. The van der Waals surface area contributed by atoms with Crippen molar-refractivity contribution in [3.05, 3.63) is 30.7 Å². The van der Waals surface area contributed by atoms with Crippen LogP contribution >= 0.6 is 0 Å². The van der Waals surface area contributed by atoms with E-state index in [-0.39, 0.29) is 29.7 Å². The summed E-state index contributed by atoms with van der Waals surface area (Å²) < 4.78 is 6.00. The molecule has 2 bridgehead atoms. The molecule has 4 N–H and O–H groups in total. The molecule has 1 heterocycles. The summed E-state index contributed by atoms with van der Waals surface area (Å²) in [4.78, 5) is 47.2. The van der Waals surface area contributed by atoms with E-state index >= 15 is 0 Å². The van der Waals surface area contributed by atoms with Gasteiger partial charge in [-0.1, -0.05) is 33.8 Å². The number of hydrogen-bond donors (Lipinski definition) is 4. The lowest BCUT2D eigenvalue weighted by Crippen LogP contribution is -2.49. The Kier molecular flexibility index (Phi) is 7.44. The minimum Gasteiger partial charge on any atom is -0.445 e. The molecule has 2 unspecified atom stereocenters. The second-order valence-corrected chi connectivity index (χ2v) is 12.1. The Morgan fingerprint density at radius 3 is 2.47 bits per heavy atom. The molecule has 9 atom stereocenters. The topological polar surface area (TPSA) is 151 Å². The van der Waals surface area contributed by atoms with Gasteiger partial charge in [0.05, 0.1) is 18.5 Å². The minimum absolute atomic E-state index is 0.0417. The van der Waals surface area contributed by atoms with E-state index in [9.17, 15) is 24.6 Å². The zero-order valence-electron chi connectivity index (χ0n) is 22.9. The van der Waals surface area contributed by atoms with Crippen LogP contribution in [0.2, 0.25) is 0 Å². The monoisotopic (exact) mass is 528 g/mol. The molecule has 0 spiro atoms. The number of carbonyl (C=O) groups excluding carboxylic acids is 3. The molecule has 10 heteroatoms. The van der Waals surface area contributed by atoms with Gasteiger partial charge >= 0.3 is 6.09 Å². The fraction of sp³-hybridized carbons (Fsp3) is 0.679. The number of carbonyl (C=O) groups is 3. The summed E-state index contributed by atoms with van der Waals surface area (Å²) in [5, 5.41) is 27.4. The highest BCUT2D eigenvalue weighted by Gasteiger charge is 2.64. The fourth-order valence-electron chi connectivity index (χ4n) is 7.24. The number of nitrogens with one attached hydrogen (secondary N) is 2. The Morgan fingerprint density at radius 2 is 1.87 bits per heavy atom. The molecule has 38 heavy (non-hydrogen) atoms. The number of hydrogen-bond acceptors (Lipinski definition) is 9. The van der Waals surface area contributed by atoms with Gasteiger partial charge in [-0.05, 0) is 49.4 Å². The minimum atomic E-state index is -1.07. The van der Waals surface area contributed by atoms with Crippen molar-refractivity contribution in [2.75, 3.05) is 12.4 Å². The van der Waals surface area contributed by atoms with E-state index in [1.807, 2.05) is 20.8 Å². The number of imide groups is 1. The molecule has 3 aliphatic carbocycles. The van der Waals surface area contributed by atoms with Crippen LogP contribution < -0.4 is 10.6 Å². The van der Waals surface area contributed by atoms with Crippen LogP contribution in [-0.4, -0.2) is 63.3 Å². The van der Waals surface area contributed by atoms with Crippen molar-refractivity contribution in [3.8, 4) is 0 Å². The Hall–Kier alpha value is -2.85. The summed E-state index contributed by atoms with van der Waals surface area (Å²) in [7, 11) is 1.67. The van der Waals surface area contributed by atoms with Crippen molar-refractivity contribution in [3.63, 3.8) is 0 Å². The standard InChI is InChI=1S/C28H40N4O6/c1-7-26(4)12-20(38-25(37)32-24(36)18-13-31-21(29-6)14-30-18)27(5)10-17-22(34)19(33)11-28(17,9-8-15(27)2)16(3)23(26)35/h7,13-17,19-20,23,33,35H,1,8-12H2,2-6H3,(H,29,31)(H,32,36,37)/t15?,16-,17?,19-,20+,23-,26+,27-,28-/m0/s1. The van der Waals surface area contributed by atoms with Crippen LogP contribution in [0.25, 0.3) is 0 Å². The van der Waals surface area contributed by atoms with Crippen LogP contribution in [0.4, 0.5) is 10.6 Å². The smallest absolute Gasteiger partial charge is 0.414 e. The Balaban J connectivity index is 1.69. The van der Waals surface area contributed by atoms with Gasteiger partial charge in [0.25, 0.3) is 5.91 Å². The number of amides is 2. The van der Waals surface area contributed by atoms with Gasteiger partial charge in [0, 0.05) is 23.8 Å². The molecule has 1 aromatic rings. The number of ketones is 1. The van der Waals surface area contributed by atoms with Gasteiger partial charge in [0.1, 0.15) is 23.7 Å². The summed E-state index contributed by atoms with van der Waals surface area (Å²) in [6.07, 6.45) is 3.13. The molecule has 0 aromatic carbocycles. The van der Waals surface area contributed by atoms with Crippen molar-refractivity contribution in [2.45, 2.75) is 78.1 Å². The number of Topliss-reactive ketones (excluding diaryl/α,β-unsaturated/α-hetero) is 1. The van der Waals surface area contributed by atoms with Crippen molar-refractivity contribution >= 4 is 23.6 Å². The first kappa shape index (κ1) is 28.2. The number of nitrogens with zero attached hydrogens (tertiary/aromatic N) is 2. The van der Waals surface area contributed by atoms with Gasteiger partial charge in [0.15, 0.2) is 5.78 Å². The van der Waals surface area contributed by atoms with Gasteiger partial charge in [-0.3, -0.25) is 14.9 Å². The second-order valence-electron chi connectivity index (χ2n) is 12.1. The molecule has 0 aliphatic heterocycles. The van der Waals surface area contributed by atoms with Crippen LogP contribution in [-0.2, 0) is 9.53 Å². The van der Waals surface area contributed by atoms with Crippen molar-refractivity contribution in [1.29, 1.82) is 0 Å². The third kappa shape index (κ3) is 4.51. The molecular weight excluding hydrogens is 488 g/mol. The van der Waals surface area contributed by atoms with E-state index in [1.165, 1.54) is 12.4 Å². The van der Waals surface area contributed by atoms with E-state index in [0.717, 1.165) is 6.42 Å². The molecule has 2 amide bonds. The Bertz CT molecular complexity index is 1110. The molecule has 1 aromatic heterocycles. The molecule has 3 aliphatic rings. The summed E-state index contributed by atoms with van der Waals surface area (Å²) in [5.74, 6) is -1.17. The third-order valence-electron chi connectivity index (χ3n) is 10.2. The molecular formula is C28H40N4O6. The maximum atomic E-state index is 13.3. The lowest BCUT2D eigenvalue weighted by Gasteiger charge is -2.47. The Labute approximate surface area is 223 Å². The molecule has 3 saturated carbocycles. The van der Waals surface area contributed by atoms with E-state index in [1.54, 1.807) is 13.1 Å². The summed E-state index contributed by atoms with van der Waals surface area (Å²) in [6.45, 7) is 12.0. The normalized spacial score (nSPS) is 40.7. The highest BCUT2D eigenvalue weighted by molar-refractivity contribution is 6.01. The van der Waals surface area contributed by atoms with E-state index in [0.29, 0.717) is 25.1 Å². The number of alkyl carbamates (subject to hydrolysis) is 1.